The van der Waals surface area contributed by atoms with Crippen LogP contribution in [-0.2, 0) is 11.2 Å². The zero-order valence-electron chi connectivity index (χ0n) is 12.1. The van der Waals surface area contributed by atoms with Crippen LogP contribution in [0.2, 0.25) is 0 Å². The van der Waals surface area contributed by atoms with Crippen molar-refractivity contribution in [3.8, 4) is 11.5 Å². The second kappa shape index (κ2) is 6.32. The number of carbonyl (C=O) groups excluding carboxylic acids is 1. The maximum atomic E-state index is 12.3. The molecular weight excluding hydrogens is 272 g/mol. The molecule has 1 aliphatic heterocycles. The predicted octanol–water partition coefficient (Wildman–Crippen LogP) is 0.197. The number of aliphatic hydroxyl groups excluding tert-OH is 1. The fraction of sp³-hybridized carbons (Fsp3) is 0.533. The zero-order chi connectivity index (χ0) is 15.6. The first-order valence-corrected chi connectivity index (χ1v) is 7.11. The van der Waals surface area contributed by atoms with E-state index in [0.29, 0.717) is 25.1 Å². The van der Waals surface area contributed by atoms with Gasteiger partial charge >= 0.3 is 0 Å². The quantitative estimate of drug-likeness (QED) is 0.593. The Morgan fingerprint density at radius 2 is 2.14 bits per heavy atom. The molecule has 21 heavy (non-hydrogen) atoms. The van der Waals surface area contributed by atoms with Gasteiger partial charge in [0.15, 0.2) is 11.5 Å². The van der Waals surface area contributed by atoms with E-state index in [-0.39, 0.29) is 23.3 Å². The molecule has 0 radical (unpaired) electrons. The normalized spacial score (nSPS) is 21.3. The average molecular weight is 294 g/mol. The van der Waals surface area contributed by atoms with Gasteiger partial charge in [-0.25, -0.2) is 0 Å². The fourth-order valence-electron chi connectivity index (χ4n) is 2.65. The SMILES string of the molecule is CC(O)C1CCN(C(=O)[C@@H](N)Cc2ccc(O)c(O)c2)C1. The molecule has 1 heterocycles. The number of hydrogen-bond acceptors (Lipinski definition) is 5. The molecule has 1 saturated heterocycles. The van der Waals surface area contributed by atoms with Crippen molar-refractivity contribution < 1.29 is 20.1 Å². The number of aliphatic hydroxyl groups is 1. The summed E-state index contributed by atoms with van der Waals surface area (Å²) in [5, 5.41) is 28.3. The monoisotopic (exact) mass is 294 g/mol. The molecule has 0 bridgehead atoms. The number of aromatic hydroxyl groups is 2. The van der Waals surface area contributed by atoms with Crippen molar-refractivity contribution in [3.63, 3.8) is 0 Å². The summed E-state index contributed by atoms with van der Waals surface area (Å²) in [5.74, 6) is -0.454. The number of hydrogen-bond donors (Lipinski definition) is 4. The summed E-state index contributed by atoms with van der Waals surface area (Å²) in [6.07, 6.45) is 0.659. The molecule has 1 aromatic rings. The van der Waals surface area contributed by atoms with Gasteiger partial charge in [-0.05, 0) is 37.5 Å². The van der Waals surface area contributed by atoms with Crippen LogP contribution in [0.5, 0.6) is 11.5 Å². The summed E-state index contributed by atoms with van der Waals surface area (Å²) in [5.41, 5.74) is 6.63. The summed E-state index contributed by atoms with van der Waals surface area (Å²) >= 11 is 0. The number of rotatable bonds is 4. The second-order valence-electron chi connectivity index (χ2n) is 5.71. The molecule has 2 unspecified atom stereocenters. The molecule has 1 aromatic carbocycles. The maximum absolute atomic E-state index is 12.3. The maximum Gasteiger partial charge on any atom is 0.239 e. The molecule has 0 spiro atoms. The Morgan fingerprint density at radius 3 is 2.71 bits per heavy atom. The topological polar surface area (TPSA) is 107 Å². The number of amides is 1. The first-order valence-electron chi connectivity index (χ1n) is 7.11. The van der Waals surface area contributed by atoms with E-state index in [4.69, 9.17) is 5.73 Å². The third-order valence-corrected chi connectivity index (χ3v) is 4.03. The number of carbonyl (C=O) groups is 1. The van der Waals surface area contributed by atoms with Crippen molar-refractivity contribution in [3.05, 3.63) is 23.8 Å². The van der Waals surface area contributed by atoms with Crippen LogP contribution in [0.15, 0.2) is 18.2 Å². The van der Waals surface area contributed by atoms with E-state index in [1.54, 1.807) is 17.9 Å². The van der Waals surface area contributed by atoms with Gasteiger partial charge in [-0.15, -0.1) is 0 Å². The van der Waals surface area contributed by atoms with Gasteiger partial charge in [0.2, 0.25) is 5.91 Å². The molecule has 0 saturated carbocycles. The van der Waals surface area contributed by atoms with Crippen LogP contribution < -0.4 is 5.73 Å². The fourth-order valence-corrected chi connectivity index (χ4v) is 2.65. The van der Waals surface area contributed by atoms with E-state index in [9.17, 15) is 20.1 Å². The van der Waals surface area contributed by atoms with Crippen molar-refractivity contribution in [1.82, 2.24) is 4.90 Å². The van der Waals surface area contributed by atoms with Gasteiger partial charge in [0.1, 0.15) is 0 Å². The van der Waals surface area contributed by atoms with E-state index in [1.165, 1.54) is 12.1 Å². The van der Waals surface area contributed by atoms with Crippen molar-refractivity contribution in [1.29, 1.82) is 0 Å². The highest BCUT2D eigenvalue weighted by Gasteiger charge is 2.31. The molecule has 1 amide bonds. The summed E-state index contributed by atoms with van der Waals surface area (Å²) in [4.78, 5) is 14.0. The van der Waals surface area contributed by atoms with Crippen molar-refractivity contribution in [2.24, 2.45) is 11.7 Å². The number of nitrogens with two attached hydrogens (primary N) is 1. The summed E-state index contributed by atoms with van der Waals surface area (Å²) in [6.45, 7) is 2.88. The Balaban J connectivity index is 1.95. The van der Waals surface area contributed by atoms with Gasteiger partial charge in [0, 0.05) is 19.0 Å². The van der Waals surface area contributed by atoms with Crippen LogP contribution in [0.4, 0.5) is 0 Å². The van der Waals surface area contributed by atoms with E-state index in [2.05, 4.69) is 0 Å². The highest BCUT2D eigenvalue weighted by atomic mass is 16.3. The van der Waals surface area contributed by atoms with Gasteiger partial charge in [-0.2, -0.15) is 0 Å². The number of benzene rings is 1. The number of phenolic OH excluding ortho intramolecular Hbond substituents is 2. The summed E-state index contributed by atoms with van der Waals surface area (Å²) in [7, 11) is 0. The molecule has 1 fully saturated rings. The van der Waals surface area contributed by atoms with E-state index >= 15 is 0 Å². The Morgan fingerprint density at radius 1 is 1.43 bits per heavy atom. The Kier molecular flexibility index (Phi) is 4.69. The van der Waals surface area contributed by atoms with Gasteiger partial charge in [-0.1, -0.05) is 6.07 Å². The molecule has 0 aromatic heterocycles. The van der Waals surface area contributed by atoms with Gasteiger partial charge in [-0.3, -0.25) is 4.79 Å². The van der Waals surface area contributed by atoms with Crippen molar-refractivity contribution in [2.45, 2.75) is 31.9 Å². The van der Waals surface area contributed by atoms with Crippen LogP contribution in [-0.4, -0.2) is 51.4 Å². The van der Waals surface area contributed by atoms with Crippen LogP contribution >= 0.6 is 0 Å². The highest BCUT2D eigenvalue weighted by molar-refractivity contribution is 5.82. The molecular formula is C15H22N2O4. The molecule has 1 aliphatic rings. The van der Waals surface area contributed by atoms with Gasteiger partial charge < -0.3 is 26.0 Å². The number of phenols is 2. The standard InChI is InChI=1S/C15H22N2O4/c1-9(18)11-4-5-17(8-11)15(21)12(16)6-10-2-3-13(19)14(20)7-10/h2-3,7,9,11-12,18-20H,4-6,8,16H2,1H3/t9?,11?,12-/m0/s1. The number of likely N-dealkylation sites (tertiary alicyclic amines) is 1. The molecule has 2 rings (SSSR count). The number of nitrogens with zero attached hydrogens (tertiary/aromatic N) is 1. The predicted molar refractivity (Wildman–Crippen MR) is 77.8 cm³/mol. The molecule has 116 valence electrons. The minimum Gasteiger partial charge on any atom is -0.504 e. The van der Waals surface area contributed by atoms with Crippen LogP contribution in [0.3, 0.4) is 0 Å². The Labute approximate surface area is 123 Å². The lowest BCUT2D eigenvalue weighted by Crippen LogP contribution is -2.44. The minimum absolute atomic E-state index is 0.110. The van der Waals surface area contributed by atoms with E-state index < -0.39 is 12.1 Å². The average Bonchev–Trinajstić information content (AvgIpc) is 2.92. The lowest BCUT2D eigenvalue weighted by atomic mass is 10.0. The highest BCUT2D eigenvalue weighted by Crippen LogP contribution is 2.26. The molecule has 3 atom stereocenters. The molecule has 6 nitrogen and oxygen atoms in total. The van der Waals surface area contributed by atoms with Crippen LogP contribution in [0.1, 0.15) is 18.9 Å². The molecule has 6 heteroatoms. The van der Waals surface area contributed by atoms with Crippen molar-refractivity contribution in [2.75, 3.05) is 13.1 Å². The lowest BCUT2D eigenvalue weighted by Gasteiger charge is -2.21. The third-order valence-electron chi connectivity index (χ3n) is 4.03. The lowest BCUT2D eigenvalue weighted by molar-refractivity contribution is -0.131. The van der Waals surface area contributed by atoms with Crippen LogP contribution in [0.25, 0.3) is 0 Å². The molecule has 0 aliphatic carbocycles. The summed E-state index contributed by atoms with van der Waals surface area (Å²) in [6, 6.07) is 3.72. The minimum atomic E-state index is -0.693. The van der Waals surface area contributed by atoms with Crippen molar-refractivity contribution >= 4 is 5.91 Å². The van der Waals surface area contributed by atoms with Gasteiger partial charge in [0.05, 0.1) is 12.1 Å². The first kappa shape index (κ1) is 15.6. The van der Waals surface area contributed by atoms with Gasteiger partial charge in [0.25, 0.3) is 0 Å². The Bertz CT molecular complexity index is 518. The second-order valence-corrected chi connectivity index (χ2v) is 5.71. The Hall–Kier alpha value is -1.79. The zero-order valence-corrected chi connectivity index (χ0v) is 12.1. The van der Waals surface area contributed by atoms with E-state index in [0.717, 1.165) is 6.42 Å². The smallest absolute Gasteiger partial charge is 0.239 e. The first-order chi connectivity index (χ1) is 9.88. The van der Waals surface area contributed by atoms with Crippen LogP contribution in [0, 0.1) is 5.92 Å². The third kappa shape index (κ3) is 3.65. The largest absolute Gasteiger partial charge is 0.504 e. The van der Waals surface area contributed by atoms with E-state index in [1.807, 2.05) is 0 Å². The molecule has 5 N–H and O–H groups in total. The summed E-state index contributed by atoms with van der Waals surface area (Å²) < 4.78 is 0.